The van der Waals surface area contributed by atoms with Gasteiger partial charge in [0.2, 0.25) is 15.9 Å². The van der Waals surface area contributed by atoms with Gasteiger partial charge in [-0.25, -0.2) is 18.4 Å². The monoisotopic (exact) mass is 369 g/mol. The van der Waals surface area contributed by atoms with Crippen molar-refractivity contribution >= 4 is 27.7 Å². The van der Waals surface area contributed by atoms with E-state index in [2.05, 4.69) is 5.32 Å². The summed E-state index contributed by atoms with van der Waals surface area (Å²) in [6.07, 6.45) is -0.636. The second-order valence-electron chi connectivity index (χ2n) is 7.01. The zero-order valence-electron chi connectivity index (χ0n) is 14.5. The van der Waals surface area contributed by atoms with Crippen LogP contribution in [0.25, 0.3) is 0 Å². The summed E-state index contributed by atoms with van der Waals surface area (Å²) in [5.74, 6) is -0.241. The number of nitrogens with zero attached hydrogens (tertiary/aromatic N) is 1. The van der Waals surface area contributed by atoms with Gasteiger partial charge in [0.1, 0.15) is 10.9 Å². The van der Waals surface area contributed by atoms with E-state index in [-0.39, 0.29) is 25.4 Å². The van der Waals surface area contributed by atoms with Gasteiger partial charge in [-0.1, -0.05) is 12.1 Å². The van der Waals surface area contributed by atoms with E-state index in [4.69, 9.17) is 9.88 Å². The molecule has 1 aliphatic heterocycles. The molecule has 1 unspecified atom stereocenters. The highest BCUT2D eigenvalue weighted by Gasteiger charge is 2.36. The Labute approximate surface area is 147 Å². The van der Waals surface area contributed by atoms with Crippen molar-refractivity contribution < 1.29 is 22.7 Å². The van der Waals surface area contributed by atoms with Crippen LogP contribution in [0.1, 0.15) is 32.8 Å². The van der Waals surface area contributed by atoms with Gasteiger partial charge in [-0.15, -0.1) is 0 Å². The highest BCUT2D eigenvalue weighted by Crippen LogP contribution is 2.20. The van der Waals surface area contributed by atoms with Crippen LogP contribution in [0.15, 0.2) is 24.3 Å². The molecule has 0 aliphatic carbocycles. The minimum atomic E-state index is -3.72. The number of nitrogens with two attached hydrogens (primary N) is 1. The summed E-state index contributed by atoms with van der Waals surface area (Å²) in [6.45, 7) is 5.71. The molecule has 1 aliphatic rings. The number of likely N-dealkylation sites (tertiary alicyclic amines) is 1. The number of primary sulfonamides is 1. The smallest absolute Gasteiger partial charge is 0.412 e. The first-order valence-electron chi connectivity index (χ1n) is 7.82. The van der Waals surface area contributed by atoms with E-state index in [0.717, 1.165) is 5.56 Å². The Morgan fingerprint density at radius 2 is 1.92 bits per heavy atom. The Bertz CT molecular complexity index is 753. The topological polar surface area (TPSA) is 119 Å². The Morgan fingerprint density at radius 3 is 2.40 bits per heavy atom. The minimum Gasteiger partial charge on any atom is -0.444 e. The van der Waals surface area contributed by atoms with Gasteiger partial charge in [0, 0.05) is 25.2 Å². The number of hydrogen-bond donors (Lipinski definition) is 2. The van der Waals surface area contributed by atoms with Crippen LogP contribution in [-0.4, -0.2) is 42.7 Å². The third-order valence-electron chi connectivity index (χ3n) is 3.62. The molecule has 0 aromatic heterocycles. The highest BCUT2D eigenvalue weighted by atomic mass is 32.2. The van der Waals surface area contributed by atoms with E-state index in [0.29, 0.717) is 5.69 Å². The maximum atomic E-state index is 11.9. The third kappa shape index (κ3) is 5.71. The van der Waals surface area contributed by atoms with Crippen molar-refractivity contribution in [3.05, 3.63) is 29.8 Å². The molecular formula is C16H23N3O5S. The van der Waals surface area contributed by atoms with Gasteiger partial charge in [-0.2, -0.15) is 0 Å². The Balaban J connectivity index is 1.95. The highest BCUT2D eigenvalue weighted by molar-refractivity contribution is 7.89. The Hall–Kier alpha value is -2.13. The number of carbonyl (C=O) groups excluding carboxylic acids is 2. The molecule has 1 aromatic rings. The average Bonchev–Trinajstić information content (AvgIpc) is 2.80. The van der Waals surface area contributed by atoms with E-state index in [1.807, 2.05) is 0 Å². The second kappa shape index (κ2) is 7.01. The molecular weight excluding hydrogens is 346 g/mol. The van der Waals surface area contributed by atoms with Crippen LogP contribution in [0, 0.1) is 0 Å². The number of benzene rings is 1. The molecule has 3 N–H and O–H groups in total. The molecule has 1 fully saturated rings. The molecule has 2 amide bonds. The number of carbonyl (C=O) groups is 2. The Morgan fingerprint density at radius 1 is 1.32 bits per heavy atom. The van der Waals surface area contributed by atoms with Crippen LogP contribution in [0.5, 0.6) is 0 Å². The fraction of sp³-hybridized carbons (Fsp3) is 0.500. The molecule has 1 atom stereocenters. The number of anilines is 1. The van der Waals surface area contributed by atoms with Gasteiger partial charge in [0.15, 0.2) is 0 Å². The maximum Gasteiger partial charge on any atom is 0.412 e. The van der Waals surface area contributed by atoms with Gasteiger partial charge in [-0.05, 0) is 38.5 Å². The molecule has 0 radical (unpaired) electrons. The maximum absolute atomic E-state index is 11.9. The normalized spacial score (nSPS) is 18.3. The first kappa shape index (κ1) is 19.2. The van der Waals surface area contributed by atoms with Crippen LogP contribution >= 0.6 is 0 Å². The summed E-state index contributed by atoms with van der Waals surface area (Å²) in [5, 5.41) is 6.87. The first-order chi connectivity index (χ1) is 11.4. The van der Waals surface area contributed by atoms with E-state index in [1.165, 1.54) is 4.90 Å². The van der Waals surface area contributed by atoms with Gasteiger partial charge >= 0.3 is 6.09 Å². The lowest BCUT2D eigenvalue weighted by atomic mass is 10.2. The summed E-state index contributed by atoms with van der Waals surface area (Å²) in [7, 11) is -3.72. The van der Waals surface area contributed by atoms with Crippen molar-refractivity contribution in [1.29, 1.82) is 0 Å². The molecule has 1 saturated heterocycles. The molecule has 8 nitrogen and oxygen atoms in total. The van der Waals surface area contributed by atoms with E-state index < -0.39 is 27.0 Å². The number of amides is 2. The van der Waals surface area contributed by atoms with Crippen molar-refractivity contribution in [1.82, 2.24) is 4.90 Å². The Kier molecular flexibility index (Phi) is 5.38. The predicted octanol–water partition coefficient (Wildman–Crippen LogP) is 1.42. The lowest BCUT2D eigenvalue weighted by Gasteiger charge is -2.20. The molecule has 25 heavy (non-hydrogen) atoms. The average molecular weight is 369 g/mol. The lowest BCUT2D eigenvalue weighted by Crippen LogP contribution is -2.31. The standard InChI is InChI=1S/C16H23N3O5S/c1-16(2,3)24-15(21)18-12-6-4-11(5-7-12)9-19-10-13(8-14(19)20)25(17,22)23/h4-7,13H,8-10H2,1-3H3,(H,18,21)(H2,17,22,23). The molecule has 1 heterocycles. The van der Waals surface area contributed by atoms with Crippen LogP contribution in [0.3, 0.4) is 0 Å². The van der Waals surface area contributed by atoms with E-state index >= 15 is 0 Å². The van der Waals surface area contributed by atoms with E-state index in [1.54, 1.807) is 45.0 Å². The van der Waals surface area contributed by atoms with Gasteiger partial charge in [0.05, 0.1) is 0 Å². The third-order valence-corrected chi connectivity index (χ3v) is 4.86. The molecule has 2 rings (SSSR count). The molecule has 9 heteroatoms. The van der Waals surface area contributed by atoms with Gasteiger partial charge in [-0.3, -0.25) is 10.1 Å². The largest absolute Gasteiger partial charge is 0.444 e. The van der Waals surface area contributed by atoms with Crippen LogP contribution in [-0.2, 0) is 26.1 Å². The summed E-state index contributed by atoms with van der Waals surface area (Å²) < 4.78 is 27.9. The number of sulfonamides is 1. The van der Waals surface area contributed by atoms with Crippen molar-refractivity contribution in [3.8, 4) is 0 Å². The lowest BCUT2D eigenvalue weighted by molar-refractivity contribution is -0.128. The van der Waals surface area contributed by atoms with Crippen LogP contribution in [0.4, 0.5) is 10.5 Å². The minimum absolute atomic E-state index is 0.0862. The molecule has 1 aromatic carbocycles. The first-order valence-corrected chi connectivity index (χ1v) is 9.43. The summed E-state index contributed by atoms with van der Waals surface area (Å²) in [4.78, 5) is 25.1. The van der Waals surface area contributed by atoms with Crippen molar-refractivity contribution in [2.45, 2.75) is 44.6 Å². The quantitative estimate of drug-likeness (QED) is 0.832. The van der Waals surface area contributed by atoms with Gasteiger partial charge in [0.25, 0.3) is 0 Å². The van der Waals surface area contributed by atoms with Crippen LogP contribution in [0.2, 0.25) is 0 Å². The van der Waals surface area contributed by atoms with E-state index in [9.17, 15) is 18.0 Å². The fourth-order valence-electron chi connectivity index (χ4n) is 2.44. The number of nitrogens with one attached hydrogen (secondary N) is 1. The molecule has 0 spiro atoms. The van der Waals surface area contributed by atoms with Crippen molar-refractivity contribution in [3.63, 3.8) is 0 Å². The van der Waals surface area contributed by atoms with Gasteiger partial charge < -0.3 is 9.64 Å². The molecule has 138 valence electrons. The van der Waals surface area contributed by atoms with Crippen LogP contribution < -0.4 is 10.5 Å². The van der Waals surface area contributed by atoms with Crippen molar-refractivity contribution in [2.24, 2.45) is 5.14 Å². The summed E-state index contributed by atoms with van der Waals surface area (Å²) in [6, 6.07) is 6.89. The fourth-order valence-corrected chi connectivity index (χ4v) is 3.21. The number of hydrogen-bond acceptors (Lipinski definition) is 5. The summed E-state index contributed by atoms with van der Waals surface area (Å²) >= 11 is 0. The predicted molar refractivity (Wildman–Crippen MR) is 93.2 cm³/mol. The molecule has 0 bridgehead atoms. The second-order valence-corrected chi connectivity index (χ2v) is 8.86. The molecule has 0 saturated carbocycles. The SMILES string of the molecule is CC(C)(C)OC(=O)Nc1ccc(CN2CC(S(N)(=O)=O)CC2=O)cc1. The van der Waals surface area contributed by atoms with Crippen molar-refractivity contribution in [2.75, 3.05) is 11.9 Å². The summed E-state index contributed by atoms with van der Waals surface area (Å²) in [5.41, 5.74) is 0.798. The zero-order valence-corrected chi connectivity index (χ0v) is 15.3. The number of rotatable bonds is 4. The number of ether oxygens (including phenoxy) is 1. The zero-order chi connectivity index (χ0) is 18.8.